The fourth-order valence-corrected chi connectivity index (χ4v) is 2.59. The van der Waals surface area contributed by atoms with E-state index in [0.29, 0.717) is 18.1 Å². The van der Waals surface area contributed by atoms with Crippen LogP contribution < -0.4 is 5.32 Å². The number of ether oxygens (including phenoxy) is 1. The van der Waals surface area contributed by atoms with Crippen molar-refractivity contribution in [3.05, 3.63) is 35.9 Å². The first-order chi connectivity index (χ1) is 8.75. The molecule has 1 heterocycles. The number of benzene rings is 1. The van der Waals surface area contributed by atoms with Crippen molar-refractivity contribution in [3.63, 3.8) is 0 Å². The quantitative estimate of drug-likeness (QED) is 0.834. The Morgan fingerprint density at radius 3 is 2.78 bits per heavy atom. The van der Waals surface area contributed by atoms with Gasteiger partial charge in [0.05, 0.1) is 6.10 Å². The average molecular weight is 247 g/mol. The van der Waals surface area contributed by atoms with Crippen LogP contribution in [0.4, 0.5) is 0 Å². The second-order valence-electron chi connectivity index (χ2n) is 5.55. The molecule has 2 rings (SSSR count). The summed E-state index contributed by atoms with van der Waals surface area (Å²) >= 11 is 0. The van der Waals surface area contributed by atoms with Gasteiger partial charge in [-0.1, -0.05) is 44.2 Å². The lowest BCUT2D eigenvalue weighted by atomic mass is 9.95. The molecule has 100 valence electrons. The average Bonchev–Trinajstić information content (AvgIpc) is 2.82. The summed E-state index contributed by atoms with van der Waals surface area (Å²) in [6.07, 6.45) is 3.92. The number of hydrogen-bond acceptors (Lipinski definition) is 2. The topological polar surface area (TPSA) is 21.3 Å². The van der Waals surface area contributed by atoms with E-state index < -0.39 is 0 Å². The van der Waals surface area contributed by atoms with Crippen LogP contribution in [0.15, 0.2) is 30.3 Å². The zero-order chi connectivity index (χ0) is 12.8. The molecule has 1 aliphatic rings. The van der Waals surface area contributed by atoms with Gasteiger partial charge < -0.3 is 10.1 Å². The van der Waals surface area contributed by atoms with Crippen LogP contribution in [-0.2, 0) is 11.2 Å². The maximum atomic E-state index is 5.88. The molecule has 0 bridgehead atoms. The van der Waals surface area contributed by atoms with Crippen molar-refractivity contribution < 1.29 is 4.74 Å². The molecule has 0 spiro atoms. The number of aryl methyl sites for hydroxylation is 1. The van der Waals surface area contributed by atoms with Crippen molar-refractivity contribution in [1.82, 2.24) is 5.32 Å². The molecule has 0 amide bonds. The lowest BCUT2D eigenvalue weighted by Gasteiger charge is -2.20. The van der Waals surface area contributed by atoms with Crippen molar-refractivity contribution in [2.75, 3.05) is 13.2 Å². The van der Waals surface area contributed by atoms with Crippen LogP contribution in [0.2, 0.25) is 0 Å². The smallest absolute Gasteiger partial charge is 0.0619 e. The third kappa shape index (κ3) is 4.11. The van der Waals surface area contributed by atoms with Crippen LogP contribution in [0.1, 0.15) is 32.3 Å². The standard InChI is InChI=1S/C16H25NO/c1-13(2)17-12-15-10-11-18-16(15)9-8-14-6-4-3-5-7-14/h3-7,13,15-17H,8-12H2,1-2H3. The van der Waals surface area contributed by atoms with Crippen LogP contribution in [-0.4, -0.2) is 25.3 Å². The second kappa shape index (κ2) is 6.91. The SMILES string of the molecule is CC(C)NCC1CCOC1CCc1ccccc1. The number of nitrogens with one attached hydrogen (secondary N) is 1. The molecule has 1 aromatic rings. The van der Waals surface area contributed by atoms with Crippen molar-refractivity contribution >= 4 is 0 Å². The summed E-state index contributed by atoms with van der Waals surface area (Å²) in [6.45, 7) is 6.44. The minimum absolute atomic E-state index is 0.441. The Bertz CT molecular complexity index is 336. The predicted octanol–water partition coefficient (Wildman–Crippen LogP) is 3.02. The molecule has 0 aromatic heterocycles. The molecule has 2 unspecified atom stereocenters. The van der Waals surface area contributed by atoms with E-state index >= 15 is 0 Å². The Hall–Kier alpha value is -0.860. The molecule has 1 N–H and O–H groups in total. The summed E-state index contributed by atoms with van der Waals surface area (Å²) in [7, 11) is 0. The van der Waals surface area contributed by atoms with Crippen molar-refractivity contribution in [1.29, 1.82) is 0 Å². The summed E-state index contributed by atoms with van der Waals surface area (Å²) < 4.78 is 5.88. The second-order valence-corrected chi connectivity index (χ2v) is 5.55. The first-order valence-electron chi connectivity index (χ1n) is 7.14. The third-order valence-electron chi connectivity index (χ3n) is 3.69. The van der Waals surface area contributed by atoms with Gasteiger partial charge in [0.15, 0.2) is 0 Å². The Morgan fingerprint density at radius 1 is 1.28 bits per heavy atom. The van der Waals surface area contributed by atoms with E-state index in [0.717, 1.165) is 26.0 Å². The van der Waals surface area contributed by atoms with Crippen LogP contribution in [0.5, 0.6) is 0 Å². The fraction of sp³-hybridized carbons (Fsp3) is 0.625. The van der Waals surface area contributed by atoms with Crippen LogP contribution in [0.25, 0.3) is 0 Å². The van der Waals surface area contributed by atoms with Crippen molar-refractivity contribution in [2.45, 2.75) is 45.3 Å². The molecule has 2 nitrogen and oxygen atoms in total. The Labute approximate surface area is 111 Å². The molecule has 1 fully saturated rings. The van der Waals surface area contributed by atoms with Gasteiger partial charge in [0.1, 0.15) is 0 Å². The lowest BCUT2D eigenvalue weighted by molar-refractivity contribution is 0.0831. The van der Waals surface area contributed by atoms with E-state index in [1.165, 1.54) is 12.0 Å². The van der Waals surface area contributed by atoms with E-state index in [-0.39, 0.29) is 0 Å². The fourth-order valence-electron chi connectivity index (χ4n) is 2.59. The van der Waals surface area contributed by atoms with E-state index in [2.05, 4.69) is 49.5 Å². The van der Waals surface area contributed by atoms with Crippen LogP contribution in [0.3, 0.4) is 0 Å². The maximum absolute atomic E-state index is 5.88. The molecule has 1 aliphatic heterocycles. The minimum atomic E-state index is 0.441. The molecular weight excluding hydrogens is 222 g/mol. The van der Waals surface area contributed by atoms with Gasteiger partial charge in [-0.3, -0.25) is 0 Å². The van der Waals surface area contributed by atoms with Gasteiger partial charge in [-0.15, -0.1) is 0 Å². The zero-order valence-electron chi connectivity index (χ0n) is 11.6. The highest BCUT2D eigenvalue weighted by Crippen LogP contribution is 2.24. The van der Waals surface area contributed by atoms with E-state index in [4.69, 9.17) is 4.74 Å². The lowest BCUT2D eigenvalue weighted by Crippen LogP contribution is -2.32. The molecule has 1 aromatic carbocycles. The van der Waals surface area contributed by atoms with Gasteiger partial charge in [-0.25, -0.2) is 0 Å². The molecule has 0 aliphatic carbocycles. The molecule has 2 heteroatoms. The highest BCUT2D eigenvalue weighted by molar-refractivity contribution is 5.14. The largest absolute Gasteiger partial charge is 0.378 e. The molecule has 0 radical (unpaired) electrons. The molecule has 18 heavy (non-hydrogen) atoms. The van der Waals surface area contributed by atoms with Crippen LogP contribution >= 0.6 is 0 Å². The molecular formula is C16H25NO. The van der Waals surface area contributed by atoms with E-state index in [1.807, 2.05) is 0 Å². The normalized spacial score (nSPS) is 23.7. The monoisotopic (exact) mass is 247 g/mol. The molecule has 2 atom stereocenters. The molecule has 0 saturated carbocycles. The van der Waals surface area contributed by atoms with Crippen LogP contribution in [0, 0.1) is 5.92 Å². The summed E-state index contributed by atoms with van der Waals surface area (Å²) in [5.41, 5.74) is 1.42. The summed E-state index contributed by atoms with van der Waals surface area (Å²) in [6, 6.07) is 11.3. The minimum Gasteiger partial charge on any atom is -0.378 e. The zero-order valence-corrected chi connectivity index (χ0v) is 11.6. The van der Waals surface area contributed by atoms with Gasteiger partial charge in [0.2, 0.25) is 0 Å². The van der Waals surface area contributed by atoms with Gasteiger partial charge in [0, 0.05) is 19.2 Å². The van der Waals surface area contributed by atoms with E-state index in [1.54, 1.807) is 0 Å². The van der Waals surface area contributed by atoms with E-state index in [9.17, 15) is 0 Å². The van der Waals surface area contributed by atoms with Gasteiger partial charge in [-0.05, 0) is 30.7 Å². The maximum Gasteiger partial charge on any atom is 0.0619 e. The van der Waals surface area contributed by atoms with Crippen molar-refractivity contribution in [2.24, 2.45) is 5.92 Å². The van der Waals surface area contributed by atoms with Gasteiger partial charge in [0.25, 0.3) is 0 Å². The summed E-state index contributed by atoms with van der Waals surface area (Å²) in [4.78, 5) is 0. The number of hydrogen-bond donors (Lipinski definition) is 1. The Balaban J connectivity index is 1.77. The third-order valence-corrected chi connectivity index (χ3v) is 3.69. The predicted molar refractivity (Wildman–Crippen MR) is 75.7 cm³/mol. The van der Waals surface area contributed by atoms with Gasteiger partial charge in [-0.2, -0.15) is 0 Å². The summed E-state index contributed by atoms with van der Waals surface area (Å²) in [5.74, 6) is 0.691. The first kappa shape index (κ1) is 13.6. The highest BCUT2D eigenvalue weighted by Gasteiger charge is 2.27. The molecule has 1 saturated heterocycles. The highest BCUT2D eigenvalue weighted by atomic mass is 16.5. The Morgan fingerprint density at radius 2 is 2.06 bits per heavy atom. The number of rotatable bonds is 6. The summed E-state index contributed by atoms with van der Waals surface area (Å²) in [5, 5.41) is 3.54. The van der Waals surface area contributed by atoms with Gasteiger partial charge >= 0.3 is 0 Å². The van der Waals surface area contributed by atoms with Crippen molar-refractivity contribution in [3.8, 4) is 0 Å². The first-order valence-corrected chi connectivity index (χ1v) is 7.14. The Kier molecular flexibility index (Phi) is 5.21.